The summed E-state index contributed by atoms with van der Waals surface area (Å²) in [5, 5.41) is 0. The van der Waals surface area contributed by atoms with Crippen molar-refractivity contribution in [2.45, 2.75) is 101 Å². The summed E-state index contributed by atoms with van der Waals surface area (Å²) < 4.78 is 0. The molecule has 1 unspecified atom stereocenters. The minimum absolute atomic E-state index is 0.0563. The van der Waals surface area contributed by atoms with Crippen LogP contribution in [0, 0.1) is 0 Å². The smallest absolute Gasteiger partial charge is 0.159 e. The van der Waals surface area contributed by atoms with Gasteiger partial charge < -0.3 is 4.90 Å². The zero-order valence-corrected chi connectivity index (χ0v) is 55.2. The highest BCUT2D eigenvalue weighted by atomic mass is 15.3. The number of amidine groups is 2. The third-order valence-electron chi connectivity index (χ3n) is 22.9. The third-order valence-corrected chi connectivity index (χ3v) is 22.9. The summed E-state index contributed by atoms with van der Waals surface area (Å²) >= 11 is 0. The van der Waals surface area contributed by atoms with E-state index in [1.807, 2.05) is 0 Å². The maximum Gasteiger partial charge on any atom is 0.159 e. The molecule has 0 amide bonds. The second-order valence-electron chi connectivity index (χ2n) is 30.8. The van der Waals surface area contributed by atoms with Crippen LogP contribution >= 0.6 is 0 Å². The molecule has 1 atom stereocenters. The van der Waals surface area contributed by atoms with E-state index < -0.39 is 22.4 Å². The highest BCUT2D eigenvalue weighted by molar-refractivity contribution is 6.14. The molecule has 0 radical (unpaired) electrons. The summed E-state index contributed by atoms with van der Waals surface area (Å²) in [4.78, 5) is 14.4. The van der Waals surface area contributed by atoms with Crippen molar-refractivity contribution in [2.24, 2.45) is 9.98 Å². The maximum absolute atomic E-state index is 6.05. The quantitative estimate of drug-likeness (QED) is 0.173. The number of hydrogen-bond acceptors (Lipinski definition) is 3. The Hall–Kier alpha value is -10.2. The Morgan fingerprint density at radius 3 is 0.883 bits per heavy atom. The SMILES string of the molecule is CN1C(c2ccc3c(c2)C2(c4ccccc4-c4ccccc42)c2cc(C(C)(C)C)ccc2-3)=NC(c2ccc3c(c2)C2(c4ccccc4-c4ccccc42)c2cc(C(C)(C)C)ccc2-3)=NC1c1ccc2c(c1)C1(c3ccccc3-c3ccccc31)c1cc(C(C)(C)C)ccc1-2. The first kappa shape index (κ1) is 55.4. The first-order chi connectivity index (χ1) is 45.4. The summed E-state index contributed by atoms with van der Waals surface area (Å²) in [6.07, 6.45) is -0.464. The monoisotopic (exact) mass is 1210 g/mol. The standard InChI is InChI=1S/C91H73N3/c1-86(2,3)56-38-44-68-65-41-35-53(47-77(65)89(80(68)50-56)71-29-17-11-23-59(71)60-24-12-18-30-72(60)89)83-92-84(54-36-42-66-69-45-39-57(87(4,5)6)51-81(69)90(78(66)48-54)73-31-19-13-25-61(73)62-26-14-20-32-74(62)90)94(10)85(93-83)55-37-43-67-70-46-40-58(88(7,8)9)52-82(70)91(79(67)49-55)75-33-21-15-27-63(75)64-28-16-22-34-76(64)91/h11-52,84H,1-10H3. The fourth-order valence-corrected chi connectivity index (χ4v) is 18.5. The van der Waals surface area contributed by atoms with Crippen LogP contribution in [-0.4, -0.2) is 23.6 Å². The molecule has 452 valence electrons. The van der Waals surface area contributed by atoms with Crippen LogP contribution in [0.25, 0.3) is 66.8 Å². The van der Waals surface area contributed by atoms with Crippen molar-refractivity contribution in [3.8, 4) is 66.8 Å². The van der Waals surface area contributed by atoms with Crippen molar-refractivity contribution < 1.29 is 0 Å². The molecule has 94 heavy (non-hydrogen) atoms. The molecule has 3 nitrogen and oxygen atoms in total. The fourth-order valence-electron chi connectivity index (χ4n) is 18.5. The Morgan fingerprint density at radius 1 is 0.277 bits per heavy atom. The molecule has 0 fully saturated rings. The van der Waals surface area contributed by atoms with E-state index in [2.05, 4.69) is 329 Å². The van der Waals surface area contributed by atoms with Gasteiger partial charge in [-0.05, 0) is 190 Å². The molecule has 6 aliphatic carbocycles. The molecule has 0 saturated heterocycles. The van der Waals surface area contributed by atoms with Gasteiger partial charge in [-0.15, -0.1) is 0 Å². The van der Waals surface area contributed by atoms with Crippen LogP contribution in [0.4, 0.5) is 0 Å². The topological polar surface area (TPSA) is 28.0 Å². The lowest BCUT2D eigenvalue weighted by molar-refractivity contribution is 0.382. The Morgan fingerprint density at radius 2 is 0.543 bits per heavy atom. The summed E-state index contributed by atoms with van der Waals surface area (Å²) in [7, 11) is 2.23. The van der Waals surface area contributed by atoms with Crippen molar-refractivity contribution in [1.29, 1.82) is 0 Å². The summed E-state index contributed by atoms with van der Waals surface area (Å²) in [6.45, 7) is 21.1. The molecule has 1 heterocycles. The van der Waals surface area contributed by atoms with Crippen LogP contribution < -0.4 is 0 Å². The molecule has 0 bridgehead atoms. The van der Waals surface area contributed by atoms with E-state index >= 15 is 0 Å². The molecule has 12 aromatic rings. The number of benzene rings is 12. The van der Waals surface area contributed by atoms with E-state index in [9.17, 15) is 0 Å². The van der Waals surface area contributed by atoms with Crippen LogP contribution in [0.2, 0.25) is 0 Å². The lowest BCUT2D eigenvalue weighted by atomic mass is 9.69. The molecule has 0 aromatic heterocycles. The first-order valence-corrected chi connectivity index (χ1v) is 33.8. The molecular formula is C91H73N3. The molecule has 12 aromatic carbocycles. The number of fused-ring (bicyclic) bond motifs is 30. The Labute approximate surface area is 553 Å². The van der Waals surface area contributed by atoms with Crippen molar-refractivity contribution in [3.05, 3.63) is 355 Å². The van der Waals surface area contributed by atoms with Gasteiger partial charge in [0.15, 0.2) is 12.0 Å². The van der Waals surface area contributed by atoms with Crippen LogP contribution in [0.15, 0.2) is 265 Å². The van der Waals surface area contributed by atoms with Gasteiger partial charge in [-0.1, -0.05) is 299 Å². The van der Waals surface area contributed by atoms with Gasteiger partial charge in [-0.25, -0.2) is 9.98 Å². The van der Waals surface area contributed by atoms with Gasteiger partial charge in [0.25, 0.3) is 0 Å². The number of aliphatic imine (C=N–C) groups is 2. The lowest BCUT2D eigenvalue weighted by Gasteiger charge is -2.35. The van der Waals surface area contributed by atoms with E-state index in [0.717, 1.165) is 28.4 Å². The Balaban J connectivity index is 0.859. The molecule has 3 heteroatoms. The van der Waals surface area contributed by atoms with Crippen molar-refractivity contribution in [3.63, 3.8) is 0 Å². The van der Waals surface area contributed by atoms with E-state index in [0.29, 0.717) is 0 Å². The zero-order chi connectivity index (χ0) is 63.7. The van der Waals surface area contributed by atoms with E-state index in [1.165, 1.54) is 150 Å². The first-order valence-electron chi connectivity index (χ1n) is 33.8. The second kappa shape index (κ2) is 18.8. The predicted molar refractivity (Wildman–Crippen MR) is 388 cm³/mol. The molecule has 0 saturated carbocycles. The fraction of sp³-hybridized carbons (Fsp3) is 0.187. The van der Waals surface area contributed by atoms with Crippen LogP contribution in [0.3, 0.4) is 0 Å². The molecule has 0 N–H and O–H groups in total. The van der Waals surface area contributed by atoms with Gasteiger partial charge >= 0.3 is 0 Å². The average Bonchev–Trinajstić information content (AvgIpc) is 1.53. The summed E-state index contributed by atoms with van der Waals surface area (Å²) in [6, 6.07) is 98.7. The van der Waals surface area contributed by atoms with Gasteiger partial charge in [-0.3, -0.25) is 0 Å². The lowest BCUT2D eigenvalue weighted by Crippen LogP contribution is -2.36. The molecule has 1 aliphatic heterocycles. The summed E-state index contributed by atoms with van der Waals surface area (Å²) in [5.74, 6) is 1.60. The van der Waals surface area contributed by atoms with E-state index in [1.54, 1.807) is 0 Å². The minimum atomic E-state index is -0.568. The highest BCUT2D eigenvalue weighted by Gasteiger charge is 2.56. The largest absolute Gasteiger partial charge is 0.333 e. The molecular weight excluding hydrogens is 1140 g/mol. The molecule has 19 rings (SSSR count). The number of nitrogens with zero attached hydrogens (tertiary/aromatic N) is 3. The molecule has 3 spiro atoms. The minimum Gasteiger partial charge on any atom is -0.333 e. The van der Waals surface area contributed by atoms with Crippen molar-refractivity contribution in [2.75, 3.05) is 7.05 Å². The van der Waals surface area contributed by atoms with Crippen molar-refractivity contribution in [1.82, 2.24) is 4.90 Å². The van der Waals surface area contributed by atoms with Gasteiger partial charge in [0.2, 0.25) is 0 Å². The Bertz CT molecular complexity index is 5290. The van der Waals surface area contributed by atoms with Gasteiger partial charge in [0.1, 0.15) is 5.84 Å². The average molecular weight is 1210 g/mol. The highest BCUT2D eigenvalue weighted by Crippen LogP contribution is 2.67. The number of rotatable bonds is 3. The van der Waals surface area contributed by atoms with Crippen molar-refractivity contribution >= 4 is 11.7 Å². The summed E-state index contributed by atoms with van der Waals surface area (Å²) in [5.41, 5.74) is 36.6. The van der Waals surface area contributed by atoms with E-state index in [4.69, 9.17) is 9.98 Å². The maximum atomic E-state index is 6.05. The van der Waals surface area contributed by atoms with Gasteiger partial charge in [0, 0.05) is 18.2 Å². The van der Waals surface area contributed by atoms with Crippen LogP contribution in [-0.2, 0) is 32.5 Å². The molecule has 7 aliphatic rings. The number of hydrogen-bond donors (Lipinski definition) is 0. The van der Waals surface area contributed by atoms with E-state index in [-0.39, 0.29) is 16.2 Å². The zero-order valence-electron chi connectivity index (χ0n) is 55.2. The normalized spacial score (nSPS) is 16.9. The van der Waals surface area contributed by atoms with Gasteiger partial charge in [-0.2, -0.15) is 0 Å². The van der Waals surface area contributed by atoms with Crippen LogP contribution in [0.5, 0.6) is 0 Å². The predicted octanol–water partition coefficient (Wildman–Crippen LogP) is 21.4. The van der Waals surface area contributed by atoms with Gasteiger partial charge in [0.05, 0.1) is 16.2 Å². The Kier molecular flexibility index (Phi) is 11.1. The van der Waals surface area contributed by atoms with Crippen LogP contribution in [0.1, 0.15) is 169 Å². The third kappa shape index (κ3) is 7.02. The second-order valence-corrected chi connectivity index (χ2v) is 30.8.